The minimum Gasteiger partial charge on any atom is -0.466 e. The Hall–Kier alpha value is -1.77. The molecule has 1 rings (SSSR count). The van der Waals surface area contributed by atoms with Crippen LogP contribution >= 0.6 is 0 Å². The summed E-state index contributed by atoms with van der Waals surface area (Å²) in [7, 11) is 5.17. The van der Waals surface area contributed by atoms with Gasteiger partial charge >= 0.3 is 5.97 Å². The first kappa shape index (κ1) is 12.3. The molecule has 0 heterocycles. The van der Waals surface area contributed by atoms with Crippen LogP contribution in [-0.2, 0) is 16.0 Å². The molecule has 0 amide bonds. The molecule has 0 spiro atoms. The van der Waals surface area contributed by atoms with Crippen molar-refractivity contribution in [2.24, 2.45) is 0 Å². The Bertz CT molecular complexity index is 369. The molecule has 3 heteroatoms. The van der Waals surface area contributed by atoms with Crippen LogP contribution < -0.4 is 0 Å². The maximum absolute atomic E-state index is 11.5. The Morgan fingerprint density at radius 2 is 1.94 bits per heavy atom. The lowest BCUT2D eigenvalue weighted by atomic mass is 10.1. The number of carbonyl (C=O) groups excluding carboxylic acids is 1. The predicted octanol–water partition coefficient (Wildman–Crippen LogP) is 1.85. The summed E-state index contributed by atoms with van der Waals surface area (Å²) in [5.41, 5.74) is 1.75. The van der Waals surface area contributed by atoms with Gasteiger partial charge in [-0.15, -0.1) is 0 Å². The summed E-state index contributed by atoms with van der Waals surface area (Å²) in [6.45, 7) is 0. The number of benzene rings is 1. The van der Waals surface area contributed by atoms with E-state index in [2.05, 4.69) is 0 Å². The molecule has 0 aliphatic rings. The summed E-state index contributed by atoms with van der Waals surface area (Å²) < 4.78 is 4.75. The van der Waals surface area contributed by atoms with Crippen LogP contribution in [0.2, 0.25) is 0 Å². The molecule has 0 aliphatic heterocycles. The molecule has 0 N–H and O–H groups in total. The second kappa shape index (κ2) is 5.95. The summed E-state index contributed by atoms with van der Waals surface area (Å²) >= 11 is 0. The third-order valence-electron chi connectivity index (χ3n) is 2.10. The van der Waals surface area contributed by atoms with E-state index in [1.807, 2.05) is 49.3 Å². The van der Waals surface area contributed by atoms with Crippen molar-refractivity contribution in [1.29, 1.82) is 0 Å². The van der Waals surface area contributed by atoms with Crippen molar-refractivity contribution in [3.63, 3.8) is 0 Å². The fraction of sp³-hybridized carbons (Fsp3) is 0.308. The van der Waals surface area contributed by atoms with E-state index in [1.54, 1.807) is 6.20 Å². The van der Waals surface area contributed by atoms with Gasteiger partial charge in [0.1, 0.15) is 0 Å². The van der Waals surface area contributed by atoms with E-state index in [0.717, 1.165) is 5.56 Å². The molecule has 0 radical (unpaired) electrons. The van der Waals surface area contributed by atoms with E-state index < -0.39 is 0 Å². The summed E-state index contributed by atoms with van der Waals surface area (Å²) in [6, 6.07) is 9.86. The molecule has 1 aromatic carbocycles. The monoisotopic (exact) mass is 219 g/mol. The largest absolute Gasteiger partial charge is 0.466 e. The summed E-state index contributed by atoms with van der Waals surface area (Å²) in [4.78, 5) is 13.4. The predicted molar refractivity (Wildman–Crippen MR) is 63.9 cm³/mol. The van der Waals surface area contributed by atoms with Gasteiger partial charge in [0, 0.05) is 26.7 Å². The first-order chi connectivity index (χ1) is 7.63. The van der Waals surface area contributed by atoms with Crippen LogP contribution in [0.25, 0.3) is 0 Å². The zero-order valence-electron chi connectivity index (χ0n) is 9.93. The number of esters is 1. The average Bonchev–Trinajstić information content (AvgIpc) is 2.28. The van der Waals surface area contributed by atoms with Crippen molar-refractivity contribution < 1.29 is 9.53 Å². The van der Waals surface area contributed by atoms with Crippen molar-refractivity contribution in [2.45, 2.75) is 6.42 Å². The lowest BCUT2D eigenvalue weighted by Crippen LogP contribution is -2.12. The molecule has 0 unspecified atom stereocenters. The van der Waals surface area contributed by atoms with Crippen molar-refractivity contribution >= 4 is 5.97 Å². The molecule has 0 aromatic heterocycles. The molecule has 0 saturated heterocycles. The second-order valence-corrected chi connectivity index (χ2v) is 3.77. The molecule has 0 bridgehead atoms. The molecule has 0 aliphatic carbocycles. The molecular weight excluding hydrogens is 202 g/mol. The van der Waals surface area contributed by atoms with Crippen LogP contribution in [0.4, 0.5) is 0 Å². The van der Waals surface area contributed by atoms with Gasteiger partial charge in [-0.3, -0.25) is 0 Å². The highest BCUT2D eigenvalue weighted by molar-refractivity contribution is 5.88. The highest BCUT2D eigenvalue weighted by atomic mass is 16.5. The Balaban J connectivity index is 2.84. The average molecular weight is 219 g/mol. The lowest BCUT2D eigenvalue weighted by molar-refractivity contribution is -0.136. The van der Waals surface area contributed by atoms with Crippen LogP contribution in [-0.4, -0.2) is 32.1 Å². The van der Waals surface area contributed by atoms with Crippen molar-refractivity contribution in [1.82, 2.24) is 4.90 Å². The molecule has 0 atom stereocenters. The molecule has 0 saturated carbocycles. The van der Waals surface area contributed by atoms with Gasteiger partial charge in [-0.1, -0.05) is 30.3 Å². The number of hydrogen-bond acceptors (Lipinski definition) is 3. The molecule has 16 heavy (non-hydrogen) atoms. The Labute approximate surface area is 96.3 Å². The van der Waals surface area contributed by atoms with E-state index in [-0.39, 0.29) is 5.97 Å². The highest BCUT2D eigenvalue weighted by Gasteiger charge is 2.10. The summed E-state index contributed by atoms with van der Waals surface area (Å²) in [6.07, 6.45) is 2.38. The smallest absolute Gasteiger partial charge is 0.335 e. The van der Waals surface area contributed by atoms with E-state index in [9.17, 15) is 4.79 Å². The molecule has 3 nitrogen and oxygen atoms in total. The van der Waals surface area contributed by atoms with Crippen molar-refractivity contribution in [2.75, 3.05) is 21.2 Å². The van der Waals surface area contributed by atoms with Gasteiger partial charge in [0.2, 0.25) is 0 Å². The van der Waals surface area contributed by atoms with Gasteiger partial charge in [-0.25, -0.2) is 4.79 Å². The van der Waals surface area contributed by atoms with Gasteiger partial charge in [-0.2, -0.15) is 0 Å². The van der Waals surface area contributed by atoms with Gasteiger partial charge in [0.15, 0.2) is 0 Å². The van der Waals surface area contributed by atoms with Gasteiger partial charge in [-0.05, 0) is 5.56 Å². The van der Waals surface area contributed by atoms with Crippen LogP contribution in [0, 0.1) is 0 Å². The molecule has 1 aromatic rings. The number of rotatable bonds is 4. The zero-order valence-corrected chi connectivity index (χ0v) is 9.93. The van der Waals surface area contributed by atoms with Crippen LogP contribution in [0.3, 0.4) is 0 Å². The van der Waals surface area contributed by atoms with Crippen LogP contribution in [0.15, 0.2) is 42.1 Å². The second-order valence-electron chi connectivity index (χ2n) is 3.77. The summed E-state index contributed by atoms with van der Waals surface area (Å²) in [5, 5.41) is 0. The first-order valence-corrected chi connectivity index (χ1v) is 5.13. The number of carbonyl (C=O) groups is 1. The molecule has 86 valence electrons. The molecular formula is C13H17NO2. The number of nitrogens with zero attached hydrogens (tertiary/aromatic N) is 1. The number of hydrogen-bond donors (Lipinski definition) is 0. The van der Waals surface area contributed by atoms with Crippen molar-refractivity contribution in [3.05, 3.63) is 47.7 Å². The minimum atomic E-state index is -0.280. The fourth-order valence-corrected chi connectivity index (χ4v) is 1.43. The Morgan fingerprint density at radius 3 is 2.44 bits per heavy atom. The summed E-state index contributed by atoms with van der Waals surface area (Å²) in [5.74, 6) is -0.280. The van der Waals surface area contributed by atoms with Gasteiger partial charge < -0.3 is 9.64 Å². The maximum atomic E-state index is 11.5. The van der Waals surface area contributed by atoms with E-state index >= 15 is 0 Å². The third-order valence-corrected chi connectivity index (χ3v) is 2.10. The Morgan fingerprint density at radius 1 is 1.31 bits per heavy atom. The number of methoxy groups -OCH3 is 1. The normalized spacial score (nSPS) is 11.1. The maximum Gasteiger partial charge on any atom is 0.335 e. The third kappa shape index (κ3) is 3.77. The zero-order chi connectivity index (χ0) is 12.0. The van der Waals surface area contributed by atoms with E-state index in [4.69, 9.17) is 4.74 Å². The standard InChI is InChI=1S/C13H17NO2/c1-14(2)10-12(13(15)16-3)9-11-7-5-4-6-8-11/h4-8,10H,9H2,1-3H3/b12-10-. The topological polar surface area (TPSA) is 29.5 Å². The van der Waals surface area contributed by atoms with E-state index in [1.165, 1.54) is 7.11 Å². The highest BCUT2D eigenvalue weighted by Crippen LogP contribution is 2.09. The first-order valence-electron chi connectivity index (χ1n) is 5.13. The minimum absolute atomic E-state index is 0.280. The Kier molecular flexibility index (Phi) is 4.58. The SMILES string of the molecule is COC(=O)/C(=C\N(C)C)Cc1ccccc1. The van der Waals surface area contributed by atoms with Crippen molar-refractivity contribution in [3.8, 4) is 0 Å². The van der Waals surface area contributed by atoms with E-state index in [0.29, 0.717) is 12.0 Å². The van der Waals surface area contributed by atoms with Crippen LogP contribution in [0.1, 0.15) is 5.56 Å². The van der Waals surface area contributed by atoms with Crippen LogP contribution in [0.5, 0.6) is 0 Å². The van der Waals surface area contributed by atoms with Gasteiger partial charge in [0.25, 0.3) is 0 Å². The molecule has 0 fully saturated rings. The lowest BCUT2D eigenvalue weighted by Gasteiger charge is -2.10. The fourth-order valence-electron chi connectivity index (χ4n) is 1.43. The van der Waals surface area contributed by atoms with Gasteiger partial charge in [0.05, 0.1) is 12.7 Å². The number of ether oxygens (including phenoxy) is 1. The quantitative estimate of drug-likeness (QED) is 0.571.